The molecular formula is C26H22ClN5O2S2. The molecule has 3 aromatic carbocycles. The fourth-order valence-electron chi connectivity index (χ4n) is 3.94. The Bertz CT molecular complexity index is 1400. The minimum absolute atomic E-state index is 0.0474. The molecule has 1 aliphatic heterocycles. The van der Waals surface area contributed by atoms with E-state index >= 15 is 0 Å². The van der Waals surface area contributed by atoms with Crippen LogP contribution in [0.25, 0.3) is 0 Å². The van der Waals surface area contributed by atoms with Crippen molar-refractivity contribution >= 4 is 58.3 Å². The van der Waals surface area contributed by atoms with Crippen LogP contribution in [-0.4, -0.2) is 32.3 Å². The molecule has 182 valence electrons. The predicted molar refractivity (Wildman–Crippen MR) is 143 cm³/mol. The van der Waals surface area contributed by atoms with Gasteiger partial charge < -0.3 is 9.88 Å². The first-order valence-electron chi connectivity index (χ1n) is 11.2. The number of anilines is 2. The van der Waals surface area contributed by atoms with Crippen molar-refractivity contribution < 1.29 is 9.59 Å². The number of nitrogens with one attached hydrogen (secondary N) is 1. The molecule has 0 fully saturated rings. The minimum atomic E-state index is -0.381. The Morgan fingerprint density at radius 3 is 2.22 bits per heavy atom. The van der Waals surface area contributed by atoms with E-state index < -0.39 is 0 Å². The molecule has 0 spiro atoms. The summed E-state index contributed by atoms with van der Waals surface area (Å²) < 4.78 is 1.80. The molecule has 1 unspecified atom stereocenters. The van der Waals surface area contributed by atoms with Crippen LogP contribution >= 0.6 is 35.1 Å². The van der Waals surface area contributed by atoms with Crippen molar-refractivity contribution in [3.8, 4) is 0 Å². The molecule has 7 nitrogen and oxygen atoms in total. The Morgan fingerprint density at radius 2 is 1.58 bits per heavy atom. The van der Waals surface area contributed by atoms with E-state index in [1.54, 1.807) is 45.5 Å². The van der Waals surface area contributed by atoms with Crippen molar-refractivity contribution in [2.75, 3.05) is 10.7 Å². The Morgan fingerprint density at radius 1 is 0.972 bits per heavy atom. The molecule has 2 amide bonds. The Kier molecular flexibility index (Phi) is 7.04. The average Bonchev–Trinajstić information content (AvgIpc) is 3.26. The number of fused-ring (bicyclic) bond motifs is 2. The van der Waals surface area contributed by atoms with Gasteiger partial charge in [-0.15, -0.1) is 10.2 Å². The third-order valence-corrected chi connectivity index (χ3v) is 8.10. The summed E-state index contributed by atoms with van der Waals surface area (Å²) in [6, 6.07) is 22.1. The fraction of sp³-hybridized carbons (Fsp3) is 0.154. The number of thioether (sulfide) groups is 1. The van der Waals surface area contributed by atoms with Gasteiger partial charge in [0.25, 0.3) is 5.91 Å². The lowest BCUT2D eigenvalue weighted by Gasteiger charge is -2.30. The van der Waals surface area contributed by atoms with Crippen molar-refractivity contribution in [3.05, 3.63) is 89.2 Å². The quantitative estimate of drug-likeness (QED) is 0.310. The number of carbonyl (C=O) groups is 2. The number of carbonyl (C=O) groups excluding carboxylic acids is 2. The van der Waals surface area contributed by atoms with Crippen molar-refractivity contribution in [2.45, 2.75) is 27.9 Å². The second kappa shape index (κ2) is 10.4. The van der Waals surface area contributed by atoms with Crippen LogP contribution in [0.15, 0.2) is 87.7 Å². The second-order valence-electron chi connectivity index (χ2n) is 8.16. The number of para-hydroxylation sites is 2. The highest BCUT2D eigenvalue weighted by molar-refractivity contribution is 8.00. The van der Waals surface area contributed by atoms with E-state index in [1.807, 2.05) is 62.5 Å². The lowest BCUT2D eigenvalue weighted by molar-refractivity contribution is -0.115. The molecule has 1 N–H and O–H groups in total. The molecule has 0 aliphatic carbocycles. The van der Waals surface area contributed by atoms with Gasteiger partial charge in [0.1, 0.15) is 0 Å². The lowest BCUT2D eigenvalue weighted by Crippen LogP contribution is -2.30. The topological polar surface area (TPSA) is 80.1 Å². The largest absolute Gasteiger partial charge is 0.342 e. The summed E-state index contributed by atoms with van der Waals surface area (Å²) in [4.78, 5) is 29.9. The summed E-state index contributed by atoms with van der Waals surface area (Å²) in [5.74, 6) is 0.503. The number of amides is 2. The smallest absolute Gasteiger partial charge is 0.251 e. The van der Waals surface area contributed by atoms with Gasteiger partial charge in [-0.3, -0.25) is 14.5 Å². The van der Waals surface area contributed by atoms with Gasteiger partial charge in [-0.25, -0.2) is 0 Å². The van der Waals surface area contributed by atoms with E-state index in [0.29, 0.717) is 21.6 Å². The molecule has 36 heavy (non-hydrogen) atoms. The molecule has 0 bridgehead atoms. The third kappa shape index (κ3) is 4.86. The van der Waals surface area contributed by atoms with Crippen molar-refractivity contribution in [3.63, 3.8) is 0 Å². The number of benzene rings is 3. The standard InChI is InChI=1S/C26H22ClN5O2S2/c1-16(28-25(34)17-11-13-18(27)14-12-17)24-29-30-26(31(24)2)35-15-23(33)32-19-7-3-5-9-21(19)36-22-10-6-4-8-20(22)32/h3-14,16H,15H2,1-2H3,(H,28,34). The molecule has 0 saturated carbocycles. The summed E-state index contributed by atoms with van der Waals surface area (Å²) in [7, 11) is 1.83. The van der Waals surface area contributed by atoms with Crippen LogP contribution in [0.4, 0.5) is 11.4 Å². The highest BCUT2D eigenvalue weighted by Gasteiger charge is 2.28. The lowest BCUT2D eigenvalue weighted by atomic mass is 10.2. The van der Waals surface area contributed by atoms with Gasteiger partial charge in [0.05, 0.1) is 23.2 Å². The highest BCUT2D eigenvalue weighted by Crippen LogP contribution is 2.48. The number of hydrogen-bond acceptors (Lipinski definition) is 6. The molecule has 1 aromatic heterocycles. The maximum Gasteiger partial charge on any atom is 0.251 e. The average molecular weight is 536 g/mol. The van der Waals surface area contributed by atoms with E-state index in [1.165, 1.54) is 11.8 Å². The van der Waals surface area contributed by atoms with E-state index in [9.17, 15) is 9.59 Å². The first-order valence-corrected chi connectivity index (χ1v) is 13.4. The fourth-order valence-corrected chi connectivity index (χ4v) is 5.89. The zero-order valence-corrected chi connectivity index (χ0v) is 21.9. The van der Waals surface area contributed by atoms with E-state index in [0.717, 1.165) is 21.2 Å². The van der Waals surface area contributed by atoms with Crippen LogP contribution in [0, 0.1) is 0 Å². The molecule has 10 heteroatoms. The molecule has 1 aliphatic rings. The third-order valence-electron chi connectivity index (χ3n) is 5.72. The Hall–Kier alpha value is -3.27. The summed E-state index contributed by atoms with van der Waals surface area (Å²) >= 11 is 8.89. The molecule has 4 aromatic rings. The zero-order valence-electron chi connectivity index (χ0n) is 19.5. The number of rotatable bonds is 6. The van der Waals surface area contributed by atoms with Crippen LogP contribution in [0.3, 0.4) is 0 Å². The molecule has 5 rings (SSSR count). The van der Waals surface area contributed by atoms with E-state index in [2.05, 4.69) is 15.5 Å². The predicted octanol–water partition coefficient (Wildman–Crippen LogP) is 5.88. The van der Waals surface area contributed by atoms with Crippen LogP contribution in [-0.2, 0) is 11.8 Å². The van der Waals surface area contributed by atoms with Crippen LogP contribution in [0.5, 0.6) is 0 Å². The number of halogens is 1. The monoisotopic (exact) mass is 535 g/mol. The van der Waals surface area contributed by atoms with Gasteiger partial charge in [-0.2, -0.15) is 0 Å². The summed E-state index contributed by atoms with van der Waals surface area (Å²) in [6.45, 7) is 1.84. The summed E-state index contributed by atoms with van der Waals surface area (Å²) in [5, 5.41) is 12.6. The number of nitrogens with zero attached hydrogens (tertiary/aromatic N) is 4. The summed E-state index contributed by atoms with van der Waals surface area (Å²) in [5.41, 5.74) is 2.27. The Labute approximate surface area is 222 Å². The minimum Gasteiger partial charge on any atom is -0.342 e. The van der Waals surface area contributed by atoms with Gasteiger partial charge in [0, 0.05) is 27.4 Å². The van der Waals surface area contributed by atoms with Gasteiger partial charge >= 0.3 is 0 Å². The van der Waals surface area contributed by atoms with Crippen LogP contribution in [0.2, 0.25) is 5.02 Å². The van der Waals surface area contributed by atoms with Gasteiger partial charge in [0.2, 0.25) is 5.91 Å². The van der Waals surface area contributed by atoms with Crippen LogP contribution in [0.1, 0.15) is 29.1 Å². The first kappa shape index (κ1) is 24.4. The summed E-state index contributed by atoms with van der Waals surface area (Å²) in [6.07, 6.45) is 0. The zero-order chi connectivity index (χ0) is 25.2. The van der Waals surface area contributed by atoms with Gasteiger partial charge in [-0.05, 0) is 55.5 Å². The van der Waals surface area contributed by atoms with Crippen LogP contribution < -0.4 is 10.2 Å². The highest BCUT2D eigenvalue weighted by atomic mass is 35.5. The molecule has 1 atom stereocenters. The maximum absolute atomic E-state index is 13.4. The molecule has 0 saturated heterocycles. The molecular weight excluding hydrogens is 514 g/mol. The maximum atomic E-state index is 13.4. The van der Waals surface area contributed by atoms with Crippen molar-refractivity contribution in [2.24, 2.45) is 7.05 Å². The number of aromatic nitrogens is 3. The van der Waals surface area contributed by atoms with E-state index in [4.69, 9.17) is 11.6 Å². The van der Waals surface area contributed by atoms with Gasteiger partial charge in [-0.1, -0.05) is 59.4 Å². The van der Waals surface area contributed by atoms with E-state index in [-0.39, 0.29) is 23.6 Å². The van der Waals surface area contributed by atoms with Gasteiger partial charge in [0.15, 0.2) is 11.0 Å². The molecule has 2 heterocycles. The Balaban J connectivity index is 1.29. The van der Waals surface area contributed by atoms with Crippen molar-refractivity contribution in [1.29, 1.82) is 0 Å². The second-order valence-corrected chi connectivity index (χ2v) is 10.6. The normalized spacial score (nSPS) is 13.0. The number of hydrogen-bond donors (Lipinski definition) is 1. The first-order chi connectivity index (χ1) is 17.4. The van der Waals surface area contributed by atoms with Crippen molar-refractivity contribution in [1.82, 2.24) is 20.1 Å². The molecule has 0 radical (unpaired) electrons. The SMILES string of the molecule is CC(NC(=O)c1ccc(Cl)cc1)c1nnc(SCC(=O)N2c3ccccc3Sc3ccccc32)n1C.